The highest BCUT2D eigenvalue weighted by Crippen LogP contribution is 2.15. The lowest BCUT2D eigenvalue weighted by atomic mass is 10.3. The first-order valence-electron chi connectivity index (χ1n) is 4.81. The molecule has 84 valence electrons. The lowest BCUT2D eigenvalue weighted by Crippen LogP contribution is -2.00. The third-order valence-corrected chi connectivity index (χ3v) is 2.17. The molecule has 2 heterocycles. The van der Waals surface area contributed by atoms with Gasteiger partial charge in [0.05, 0.1) is 0 Å². The van der Waals surface area contributed by atoms with Crippen LogP contribution >= 0.6 is 0 Å². The predicted molar refractivity (Wildman–Crippen MR) is 59.4 cm³/mol. The van der Waals surface area contributed by atoms with Crippen LogP contribution < -0.4 is 5.73 Å². The maximum Gasteiger partial charge on any atom is 0.183 e. The van der Waals surface area contributed by atoms with E-state index in [4.69, 9.17) is 10.5 Å². The van der Waals surface area contributed by atoms with Gasteiger partial charge in [-0.1, -0.05) is 0 Å². The summed E-state index contributed by atoms with van der Waals surface area (Å²) in [7, 11) is 3.45. The second-order valence-corrected chi connectivity index (χ2v) is 3.38. The molecule has 0 unspecified atom stereocenters. The van der Waals surface area contributed by atoms with Crippen molar-refractivity contribution >= 4 is 5.82 Å². The van der Waals surface area contributed by atoms with Crippen molar-refractivity contribution in [3.8, 4) is 11.4 Å². The molecule has 0 saturated carbocycles. The fraction of sp³-hybridized carbons (Fsp3) is 0.300. The Kier molecular flexibility index (Phi) is 2.82. The molecule has 0 radical (unpaired) electrons. The Morgan fingerprint density at radius 3 is 2.88 bits per heavy atom. The van der Waals surface area contributed by atoms with Crippen LogP contribution in [0, 0.1) is 0 Å². The first-order valence-corrected chi connectivity index (χ1v) is 4.81. The van der Waals surface area contributed by atoms with E-state index in [1.165, 1.54) is 0 Å². The van der Waals surface area contributed by atoms with Gasteiger partial charge in [-0.05, 0) is 12.1 Å². The van der Waals surface area contributed by atoms with E-state index in [-0.39, 0.29) is 0 Å². The van der Waals surface area contributed by atoms with Crippen LogP contribution in [0.15, 0.2) is 18.3 Å². The minimum Gasteiger partial charge on any atom is -0.384 e. The summed E-state index contributed by atoms with van der Waals surface area (Å²) in [5, 5.41) is 4.27. The van der Waals surface area contributed by atoms with Gasteiger partial charge < -0.3 is 10.5 Å². The van der Waals surface area contributed by atoms with Crippen LogP contribution in [0.1, 0.15) is 5.82 Å². The second-order valence-electron chi connectivity index (χ2n) is 3.38. The fourth-order valence-electron chi connectivity index (χ4n) is 1.33. The summed E-state index contributed by atoms with van der Waals surface area (Å²) < 4.78 is 6.71. The number of aromatic nitrogens is 4. The molecule has 6 heteroatoms. The van der Waals surface area contributed by atoms with E-state index >= 15 is 0 Å². The molecule has 0 bridgehead atoms. The van der Waals surface area contributed by atoms with Gasteiger partial charge in [0, 0.05) is 25.9 Å². The standard InChI is InChI=1S/C10H13N5O/c1-15-9(6-16-2)13-10(14-15)7-3-4-8(11)12-5-7/h3-5H,6H2,1-2H3,(H2,11,12). The van der Waals surface area contributed by atoms with Crippen molar-refractivity contribution < 1.29 is 4.74 Å². The highest BCUT2D eigenvalue weighted by Gasteiger charge is 2.08. The summed E-state index contributed by atoms with van der Waals surface area (Å²) in [4.78, 5) is 8.34. The maximum absolute atomic E-state index is 5.51. The smallest absolute Gasteiger partial charge is 0.183 e. The Balaban J connectivity index is 2.33. The van der Waals surface area contributed by atoms with Crippen molar-refractivity contribution in [2.45, 2.75) is 6.61 Å². The fourth-order valence-corrected chi connectivity index (χ4v) is 1.33. The second kappa shape index (κ2) is 4.28. The van der Waals surface area contributed by atoms with E-state index in [1.54, 1.807) is 24.1 Å². The Hall–Kier alpha value is -1.95. The van der Waals surface area contributed by atoms with Crippen LogP contribution in [-0.2, 0) is 18.4 Å². The van der Waals surface area contributed by atoms with Gasteiger partial charge in [-0.2, -0.15) is 5.10 Å². The zero-order valence-corrected chi connectivity index (χ0v) is 9.21. The summed E-state index contributed by atoms with van der Waals surface area (Å²) in [6.45, 7) is 0.436. The van der Waals surface area contributed by atoms with Crippen molar-refractivity contribution in [3.05, 3.63) is 24.2 Å². The van der Waals surface area contributed by atoms with Crippen LogP contribution in [0.5, 0.6) is 0 Å². The number of nitrogens with two attached hydrogens (primary N) is 1. The van der Waals surface area contributed by atoms with E-state index in [0.29, 0.717) is 18.2 Å². The molecule has 2 rings (SSSR count). The number of nitrogen functional groups attached to an aromatic ring is 1. The van der Waals surface area contributed by atoms with Crippen LogP contribution in [0.3, 0.4) is 0 Å². The molecular formula is C10H13N5O. The molecular weight excluding hydrogens is 206 g/mol. The summed E-state index contributed by atoms with van der Waals surface area (Å²) in [6.07, 6.45) is 1.65. The summed E-state index contributed by atoms with van der Waals surface area (Å²) >= 11 is 0. The number of aryl methyl sites for hydroxylation is 1. The largest absolute Gasteiger partial charge is 0.384 e. The van der Waals surface area contributed by atoms with Crippen LogP contribution in [0.4, 0.5) is 5.82 Å². The maximum atomic E-state index is 5.51. The summed E-state index contributed by atoms with van der Waals surface area (Å²) in [5.41, 5.74) is 6.35. The first kappa shape index (κ1) is 10.6. The van der Waals surface area contributed by atoms with Gasteiger partial charge in [-0.3, -0.25) is 4.68 Å². The van der Waals surface area contributed by atoms with Crippen molar-refractivity contribution in [1.82, 2.24) is 19.7 Å². The molecule has 0 fully saturated rings. The van der Waals surface area contributed by atoms with Crippen molar-refractivity contribution in [3.63, 3.8) is 0 Å². The van der Waals surface area contributed by atoms with Crippen LogP contribution in [0.2, 0.25) is 0 Å². The molecule has 0 aliphatic carbocycles. The average Bonchev–Trinajstić information content (AvgIpc) is 2.62. The van der Waals surface area contributed by atoms with Gasteiger partial charge in [0.15, 0.2) is 11.6 Å². The zero-order valence-electron chi connectivity index (χ0n) is 9.21. The number of nitrogens with zero attached hydrogens (tertiary/aromatic N) is 4. The molecule has 2 aromatic heterocycles. The molecule has 6 nitrogen and oxygen atoms in total. The first-order chi connectivity index (χ1) is 7.70. The summed E-state index contributed by atoms with van der Waals surface area (Å²) in [5.74, 6) is 1.88. The van der Waals surface area contributed by atoms with Crippen LogP contribution in [-0.4, -0.2) is 26.9 Å². The van der Waals surface area contributed by atoms with Gasteiger partial charge in [0.1, 0.15) is 12.4 Å². The molecule has 0 aliphatic rings. The molecule has 16 heavy (non-hydrogen) atoms. The number of ether oxygens (including phenoxy) is 1. The van der Waals surface area contributed by atoms with Crippen molar-refractivity contribution in [2.75, 3.05) is 12.8 Å². The third kappa shape index (κ3) is 2.01. The number of rotatable bonds is 3. The van der Waals surface area contributed by atoms with Gasteiger partial charge in [0.25, 0.3) is 0 Å². The Labute approximate surface area is 93.1 Å². The van der Waals surface area contributed by atoms with Crippen LogP contribution in [0.25, 0.3) is 11.4 Å². The highest BCUT2D eigenvalue weighted by atomic mass is 16.5. The predicted octanol–water partition coefficient (Wildman–Crippen LogP) is 0.606. The number of methoxy groups -OCH3 is 1. The Morgan fingerprint density at radius 2 is 2.25 bits per heavy atom. The molecule has 2 aromatic rings. The Morgan fingerprint density at radius 1 is 1.44 bits per heavy atom. The number of pyridine rings is 1. The zero-order chi connectivity index (χ0) is 11.5. The topological polar surface area (TPSA) is 78.8 Å². The molecule has 0 aromatic carbocycles. The number of hydrogen-bond donors (Lipinski definition) is 1. The molecule has 0 amide bonds. The van der Waals surface area contributed by atoms with Crippen molar-refractivity contribution in [1.29, 1.82) is 0 Å². The number of hydrogen-bond acceptors (Lipinski definition) is 5. The van der Waals surface area contributed by atoms with Gasteiger partial charge in [-0.25, -0.2) is 9.97 Å². The Bertz CT molecular complexity index is 476. The average molecular weight is 219 g/mol. The van der Waals surface area contributed by atoms with Gasteiger partial charge in [-0.15, -0.1) is 0 Å². The van der Waals surface area contributed by atoms with E-state index in [2.05, 4.69) is 15.1 Å². The molecule has 0 saturated heterocycles. The minimum atomic E-state index is 0.436. The van der Waals surface area contributed by atoms with E-state index in [9.17, 15) is 0 Å². The molecule has 0 atom stereocenters. The minimum absolute atomic E-state index is 0.436. The van der Waals surface area contributed by atoms with Crippen molar-refractivity contribution in [2.24, 2.45) is 7.05 Å². The van der Waals surface area contributed by atoms with E-state index < -0.39 is 0 Å². The number of anilines is 1. The van der Waals surface area contributed by atoms with Gasteiger partial charge in [0.2, 0.25) is 0 Å². The van der Waals surface area contributed by atoms with Gasteiger partial charge >= 0.3 is 0 Å². The third-order valence-electron chi connectivity index (χ3n) is 2.17. The SMILES string of the molecule is COCc1nc(-c2ccc(N)nc2)nn1C. The van der Waals surface area contributed by atoms with E-state index in [1.807, 2.05) is 13.1 Å². The summed E-state index contributed by atoms with van der Waals surface area (Å²) in [6, 6.07) is 3.57. The molecule has 2 N–H and O–H groups in total. The lowest BCUT2D eigenvalue weighted by Gasteiger charge is -1.95. The van der Waals surface area contributed by atoms with E-state index in [0.717, 1.165) is 11.4 Å². The lowest BCUT2D eigenvalue weighted by molar-refractivity contribution is 0.174. The molecule has 0 aliphatic heterocycles. The highest BCUT2D eigenvalue weighted by molar-refractivity contribution is 5.54. The normalized spacial score (nSPS) is 10.6. The monoisotopic (exact) mass is 219 g/mol. The molecule has 0 spiro atoms. The quantitative estimate of drug-likeness (QED) is 0.818.